The number of ether oxygens (including phenoxy) is 4. The smallest absolute Gasteiger partial charge is 0.315 e. The summed E-state index contributed by atoms with van der Waals surface area (Å²) in [6.45, 7) is 2.05. The van der Waals surface area contributed by atoms with Gasteiger partial charge in [0.2, 0.25) is 0 Å². The van der Waals surface area contributed by atoms with E-state index in [0.717, 1.165) is 11.1 Å². The Balaban J connectivity index is 1.42. The second-order valence-electron chi connectivity index (χ2n) is 10.1. The Morgan fingerprint density at radius 1 is 0.902 bits per heavy atom. The fraction of sp³-hybridized carbons (Fsp3) is 0.303. The molecule has 3 aromatic rings. The van der Waals surface area contributed by atoms with E-state index >= 15 is 0 Å². The number of aromatic hydroxyl groups is 1. The topological polar surface area (TPSA) is 104 Å². The van der Waals surface area contributed by atoms with Crippen LogP contribution < -0.4 is 14.2 Å². The molecule has 0 saturated heterocycles. The molecule has 1 aliphatic heterocycles. The van der Waals surface area contributed by atoms with E-state index in [-0.39, 0.29) is 37.1 Å². The minimum atomic E-state index is -0.781. The molecule has 8 nitrogen and oxygen atoms in total. The number of esters is 1. The molecule has 41 heavy (non-hydrogen) atoms. The minimum absolute atomic E-state index is 0.0566. The van der Waals surface area contributed by atoms with Crippen LogP contribution in [0.5, 0.6) is 23.0 Å². The van der Waals surface area contributed by atoms with E-state index in [1.807, 2.05) is 48.5 Å². The molecule has 0 aromatic heterocycles. The van der Waals surface area contributed by atoms with Crippen molar-refractivity contribution in [3.05, 3.63) is 95.2 Å². The normalized spacial score (nSPS) is 20.1. The fourth-order valence-electron chi connectivity index (χ4n) is 5.66. The Bertz CT molecular complexity index is 1480. The number of aliphatic imine (C=N–C) groups is 1. The molecule has 1 heterocycles. The number of rotatable bonds is 9. The van der Waals surface area contributed by atoms with Gasteiger partial charge in [-0.25, -0.2) is 0 Å². The van der Waals surface area contributed by atoms with Gasteiger partial charge in [0.1, 0.15) is 30.6 Å². The van der Waals surface area contributed by atoms with Crippen LogP contribution in [-0.4, -0.2) is 50.0 Å². The minimum Gasteiger partial charge on any atom is -0.508 e. The number of hydrogen-bond acceptors (Lipinski definition) is 8. The number of para-hydroxylation sites is 1. The first-order valence-corrected chi connectivity index (χ1v) is 13.6. The zero-order chi connectivity index (χ0) is 28.9. The second-order valence-corrected chi connectivity index (χ2v) is 10.1. The number of allylic oxidation sites excluding steroid dienone is 2. The van der Waals surface area contributed by atoms with E-state index in [0.29, 0.717) is 40.7 Å². The molecule has 1 unspecified atom stereocenters. The van der Waals surface area contributed by atoms with Crippen molar-refractivity contribution in [3.8, 4) is 23.0 Å². The zero-order valence-corrected chi connectivity index (χ0v) is 23.3. The highest BCUT2D eigenvalue weighted by atomic mass is 16.6. The van der Waals surface area contributed by atoms with Crippen LogP contribution in [0.2, 0.25) is 0 Å². The number of Topliss-reactive ketones (excluding diaryl/α,β-unsaturated/α-hetero) is 1. The van der Waals surface area contributed by atoms with Gasteiger partial charge < -0.3 is 24.1 Å². The number of methoxy groups -OCH3 is 2. The predicted octanol–water partition coefficient (Wildman–Crippen LogP) is 5.61. The summed E-state index contributed by atoms with van der Waals surface area (Å²) in [4.78, 5) is 32.1. The van der Waals surface area contributed by atoms with Crippen LogP contribution >= 0.6 is 0 Å². The highest BCUT2D eigenvalue weighted by Crippen LogP contribution is 2.47. The van der Waals surface area contributed by atoms with Gasteiger partial charge in [-0.15, -0.1) is 0 Å². The first-order chi connectivity index (χ1) is 19.9. The lowest BCUT2D eigenvalue weighted by atomic mass is 9.69. The maximum atomic E-state index is 13.8. The van der Waals surface area contributed by atoms with Crippen LogP contribution in [0.4, 0.5) is 0 Å². The molecule has 0 radical (unpaired) electrons. The van der Waals surface area contributed by atoms with Crippen LogP contribution in [0.15, 0.2) is 89.1 Å². The van der Waals surface area contributed by atoms with Gasteiger partial charge in [0.25, 0.3) is 0 Å². The number of benzene rings is 3. The van der Waals surface area contributed by atoms with Crippen molar-refractivity contribution in [2.24, 2.45) is 10.9 Å². The van der Waals surface area contributed by atoms with E-state index in [2.05, 4.69) is 0 Å². The maximum Gasteiger partial charge on any atom is 0.315 e. The summed E-state index contributed by atoms with van der Waals surface area (Å²) in [5.74, 6) is 0.0115. The molecule has 1 aliphatic carbocycles. The average Bonchev–Trinajstić information content (AvgIpc) is 2.99. The molecule has 8 heteroatoms. The summed E-state index contributed by atoms with van der Waals surface area (Å²) in [5, 5.41) is 9.92. The molecule has 0 amide bonds. The molecule has 0 spiro atoms. The maximum absolute atomic E-state index is 13.8. The number of carbonyl (C=O) groups excluding carboxylic acids is 2. The van der Waals surface area contributed by atoms with E-state index < -0.39 is 17.8 Å². The third kappa shape index (κ3) is 5.96. The number of phenols is 1. The number of phenolic OH excluding ortho intramolecular Hbond substituents is 1. The van der Waals surface area contributed by atoms with Crippen molar-refractivity contribution >= 4 is 17.5 Å². The first kappa shape index (κ1) is 28.0. The van der Waals surface area contributed by atoms with Crippen LogP contribution in [0.25, 0.3) is 0 Å². The lowest BCUT2D eigenvalue weighted by Gasteiger charge is -2.36. The van der Waals surface area contributed by atoms with Gasteiger partial charge in [-0.2, -0.15) is 0 Å². The van der Waals surface area contributed by atoms with Gasteiger partial charge in [0, 0.05) is 29.3 Å². The van der Waals surface area contributed by atoms with Crippen LogP contribution in [0.3, 0.4) is 0 Å². The quantitative estimate of drug-likeness (QED) is 0.271. The standard InChI is InChI=1S/C33H33NO7/c1-20-30(33(37)41-16-15-40-25-7-5-4-6-8-25)31(21-9-12-24(35)13-10-21)32-26(34-20)17-23(18-27(32)36)22-11-14-28(38-2)29(19-22)39-3/h4-14,19,23,30-31,35H,15-18H2,1-3H3/t23-,30?,31+/m1/s1. The van der Waals surface area contributed by atoms with E-state index in [9.17, 15) is 14.7 Å². The fourth-order valence-corrected chi connectivity index (χ4v) is 5.66. The van der Waals surface area contributed by atoms with E-state index in [4.69, 9.17) is 23.9 Å². The molecule has 3 aromatic carbocycles. The molecular formula is C33H33NO7. The van der Waals surface area contributed by atoms with Crippen molar-refractivity contribution in [2.45, 2.75) is 31.6 Å². The average molecular weight is 556 g/mol. The Kier molecular flexibility index (Phi) is 8.38. The van der Waals surface area contributed by atoms with Crippen LogP contribution in [0, 0.1) is 5.92 Å². The molecule has 1 N–H and O–H groups in total. The Hall–Kier alpha value is -4.59. The van der Waals surface area contributed by atoms with Gasteiger partial charge >= 0.3 is 5.97 Å². The van der Waals surface area contributed by atoms with E-state index in [1.165, 1.54) is 0 Å². The van der Waals surface area contributed by atoms with Crippen molar-refractivity contribution in [1.29, 1.82) is 0 Å². The van der Waals surface area contributed by atoms with Gasteiger partial charge in [-0.05, 0) is 66.8 Å². The Labute approximate surface area is 239 Å². The summed E-state index contributed by atoms with van der Waals surface area (Å²) in [6.07, 6.45) is 0.805. The SMILES string of the molecule is COc1ccc([C@H]2CC(=O)C3=C(C2)N=C(C)C(C(=O)OCCOc2ccccc2)[C@@H]3c2ccc(O)cc2)cc1OC. The number of carbonyl (C=O) groups is 2. The zero-order valence-electron chi connectivity index (χ0n) is 23.3. The summed E-state index contributed by atoms with van der Waals surface area (Å²) in [6, 6.07) is 21.6. The molecule has 0 saturated carbocycles. The molecule has 0 bridgehead atoms. The lowest BCUT2D eigenvalue weighted by molar-refractivity contribution is -0.147. The number of nitrogens with zero attached hydrogens (tertiary/aromatic N) is 1. The molecular weight excluding hydrogens is 522 g/mol. The highest BCUT2D eigenvalue weighted by molar-refractivity contribution is 6.09. The summed E-state index contributed by atoms with van der Waals surface area (Å²) in [5.41, 5.74) is 3.48. The second kappa shape index (κ2) is 12.3. The lowest BCUT2D eigenvalue weighted by Crippen LogP contribution is -2.38. The molecule has 5 rings (SSSR count). The molecule has 3 atom stereocenters. The van der Waals surface area contributed by atoms with Crippen LogP contribution in [-0.2, 0) is 14.3 Å². The van der Waals surface area contributed by atoms with Crippen molar-refractivity contribution in [3.63, 3.8) is 0 Å². The molecule has 2 aliphatic rings. The summed E-state index contributed by atoms with van der Waals surface area (Å²) < 4.78 is 22.2. The molecule has 0 fully saturated rings. The van der Waals surface area contributed by atoms with Gasteiger partial charge in [0.15, 0.2) is 17.3 Å². The van der Waals surface area contributed by atoms with Crippen molar-refractivity contribution < 1.29 is 33.6 Å². The Morgan fingerprint density at radius 2 is 1.61 bits per heavy atom. The first-order valence-electron chi connectivity index (χ1n) is 13.6. The van der Waals surface area contributed by atoms with Gasteiger partial charge in [-0.3, -0.25) is 14.6 Å². The van der Waals surface area contributed by atoms with Crippen molar-refractivity contribution in [1.82, 2.24) is 0 Å². The summed E-state index contributed by atoms with van der Waals surface area (Å²) >= 11 is 0. The third-order valence-corrected chi connectivity index (χ3v) is 7.61. The van der Waals surface area contributed by atoms with Gasteiger partial charge in [-0.1, -0.05) is 36.4 Å². The monoisotopic (exact) mass is 555 g/mol. The van der Waals surface area contributed by atoms with E-state index in [1.54, 1.807) is 45.4 Å². The Morgan fingerprint density at radius 3 is 2.32 bits per heavy atom. The summed E-state index contributed by atoms with van der Waals surface area (Å²) in [7, 11) is 3.16. The highest BCUT2D eigenvalue weighted by Gasteiger charge is 2.44. The number of ketones is 1. The number of hydrogen-bond donors (Lipinski definition) is 1. The van der Waals surface area contributed by atoms with Gasteiger partial charge in [0.05, 0.1) is 14.2 Å². The van der Waals surface area contributed by atoms with Crippen molar-refractivity contribution in [2.75, 3.05) is 27.4 Å². The largest absolute Gasteiger partial charge is 0.508 e. The van der Waals surface area contributed by atoms with Crippen LogP contribution in [0.1, 0.15) is 42.7 Å². The molecule has 212 valence electrons. The third-order valence-electron chi connectivity index (χ3n) is 7.61. The predicted molar refractivity (Wildman–Crippen MR) is 154 cm³/mol.